The number of hydrogen-bond donors (Lipinski definition) is 1. The third-order valence-electron chi connectivity index (χ3n) is 5.49. The lowest BCUT2D eigenvalue weighted by Gasteiger charge is -2.19. The second-order valence-electron chi connectivity index (χ2n) is 7.81. The molecular weight excluding hydrogens is 461 g/mol. The van der Waals surface area contributed by atoms with Crippen LogP contribution in [0.25, 0.3) is 10.9 Å². The van der Waals surface area contributed by atoms with Crippen molar-refractivity contribution in [1.29, 1.82) is 0 Å². The molecule has 0 saturated heterocycles. The molecule has 0 aliphatic heterocycles. The van der Waals surface area contributed by atoms with Crippen molar-refractivity contribution in [3.63, 3.8) is 0 Å². The number of aromatic hydroxyl groups is 1. The summed E-state index contributed by atoms with van der Waals surface area (Å²) in [5.41, 5.74) is -0.565. The van der Waals surface area contributed by atoms with E-state index in [1.165, 1.54) is 42.0 Å². The maximum Gasteiger partial charge on any atom is 0.308 e. The second-order valence-corrected chi connectivity index (χ2v) is 7.81. The minimum absolute atomic E-state index is 0.0206. The first-order chi connectivity index (χ1) is 16.8. The molecule has 1 aliphatic rings. The molecule has 0 atom stereocenters. The van der Waals surface area contributed by atoms with Gasteiger partial charge in [0.15, 0.2) is 0 Å². The molecule has 3 aromatic rings. The molecule has 35 heavy (non-hydrogen) atoms. The smallest absolute Gasteiger partial charge is 0.308 e. The number of phenolic OH excluding ortho intramolecular Hbond substituents is 1. The summed E-state index contributed by atoms with van der Waals surface area (Å²) in [6, 6.07) is 5.17. The molecule has 1 fully saturated rings. The minimum Gasteiger partial charge on any atom is -0.508 e. The molecule has 1 aromatic heterocycles. The van der Waals surface area contributed by atoms with E-state index in [4.69, 9.17) is 4.74 Å². The Balaban J connectivity index is 0.000000280. The molecule has 0 amide bonds. The minimum atomic E-state index is -1.02. The Labute approximate surface area is 202 Å². The Morgan fingerprint density at radius 2 is 1.71 bits per heavy atom. The Kier molecular flexibility index (Phi) is 10.8. The van der Waals surface area contributed by atoms with E-state index in [1.54, 1.807) is 0 Å². The lowest BCUT2D eigenvalue weighted by Crippen LogP contribution is -2.20. The quantitative estimate of drug-likeness (QED) is 0.471. The standard InChI is InChI=1S/C15H9F3N2O2.C9H16O2.C2H6/c16-8-3-12(17)11(13(18)4-8)6-20-7-19-15(22)10-5-9(21)1-2-14(10)20;1-2-11-9(10)8-6-4-3-5-7-8;1-2/h1-5,7,21H,6H2;8H,2-7H2,1H3;1-2H3. The van der Waals surface area contributed by atoms with Gasteiger partial charge in [-0.05, 0) is 38.0 Å². The zero-order valence-corrected chi connectivity index (χ0v) is 20.2. The summed E-state index contributed by atoms with van der Waals surface area (Å²) >= 11 is 0. The number of carbonyl (C=O) groups excluding carboxylic acids is 1. The van der Waals surface area contributed by atoms with Gasteiger partial charge in [0, 0.05) is 17.7 Å². The van der Waals surface area contributed by atoms with Crippen molar-refractivity contribution < 1.29 is 27.8 Å². The van der Waals surface area contributed by atoms with Gasteiger partial charge in [-0.3, -0.25) is 9.59 Å². The molecule has 0 bridgehead atoms. The fraction of sp³-hybridized carbons (Fsp3) is 0.423. The Morgan fingerprint density at radius 3 is 2.31 bits per heavy atom. The van der Waals surface area contributed by atoms with E-state index < -0.39 is 23.0 Å². The number of hydrogen-bond acceptors (Lipinski definition) is 5. The van der Waals surface area contributed by atoms with E-state index in [2.05, 4.69) is 4.98 Å². The monoisotopic (exact) mass is 492 g/mol. The molecule has 1 N–H and O–H groups in total. The van der Waals surface area contributed by atoms with Crippen LogP contribution in [-0.4, -0.2) is 27.2 Å². The van der Waals surface area contributed by atoms with Gasteiger partial charge in [0.05, 0.1) is 36.3 Å². The number of benzene rings is 2. The maximum absolute atomic E-state index is 13.7. The van der Waals surface area contributed by atoms with Gasteiger partial charge in [0.2, 0.25) is 0 Å². The fourth-order valence-corrected chi connectivity index (χ4v) is 3.82. The summed E-state index contributed by atoms with van der Waals surface area (Å²) in [7, 11) is 0. The average molecular weight is 493 g/mol. The summed E-state index contributed by atoms with van der Waals surface area (Å²) < 4.78 is 46.7. The van der Waals surface area contributed by atoms with Gasteiger partial charge in [-0.1, -0.05) is 33.1 Å². The van der Waals surface area contributed by atoms with Crippen molar-refractivity contribution in [2.24, 2.45) is 5.92 Å². The van der Waals surface area contributed by atoms with E-state index in [0.29, 0.717) is 24.3 Å². The van der Waals surface area contributed by atoms with Crippen LogP contribution in [0, 0.1) is 23.4 Å². The molecule has 6 nitrogen and oxygen atoms in total. The van der Waals surface area contributed by atoms with Crippen LogP contribution in [0.4, 0.5) is 13.2 Å². The number of carbonyl (C=O) groups is 1. The summed E-state index contributed by atoms with van der Waals surface area (Å²) in [6.07, 6.45) is 6.91. The van der Waals surface area contributed by atoms with E-state index in [9.17, 15) is 27.9 Å². The van der Waals surface area contributed by atoms with Crippen LogP contribution in [-0.2, 0) is 16.1 Å². The maximum atomic E-state index is 13.7. The van der Waals surface area contributed by atoms with Crippen molar-refractivity contribution in [2.75, 3.05) is 6.61 Å². The zero-order valence-electron chi connectivity index (χ0n) is 20.2. The molecule has 2 aromatic carbocycles. The van der Waals surface area contributed by atoms with Crippen molar-refractivity contribution in [2.45, 2.75) is 59.4 Å². The normalized spacial score (nSPS) is 13.3. The fourth-order valence-electron chi connectivity index (χ4n) is 3.82. The molecule has 0 radical (unpaired) electrons. The van der Waals surface area contributed by atoms with Gasteiger partial charge in [-0.2, -0.15) is 4.98 Å². The summed E-state index contributed by atoms with van der Waals surface area (Å²) in [5, 5.41) is 9.53. The first-order valence-corrected chi connectivity index (χ1v) is 11.8. The third-order valence-corrected chi connectivity index (χ3v) is 5.49. The lowest BCUT2D eigenvalue weighted by molar-refractivity contribution is -0.149. The summed E-state index contributed by atoms with van der Waals surface area (Å²) in [5.74, 6) is -2.95. The zero-order chi connectivity index (χ0) is 26.0. The molecule has 0 spiro atoms. The van der Waals surface area contributed by atoms with Crippen LogP contribution in [0.15, 0.2) is 41.5 Å². The third kappa shape index (κ3) is 7.56. The lowest BCUT2D eigenvalue weighted by atomic mass is 9.89. The van der Waals surface area contributed by atoms with Crippen molar-refractivity contribution in [1.82, 2.24) is 9.55 Å². The Morgan fingerprint density at radius 1 is 1.09 bits per heavy atom. The Bertz CT molecular complexity index is 1170. The van der Waals surface area contributed by atoms with Crippen LogP contribution in [0.1, 0.15) is 58.4 Å². The number of fused-ring (bicyclic) bond motifs is 1. The van der Waals surface area contributed by atoms with Gasteiger partial charge < -0.3 is 14.4 Å². The van der Waals surface area contributed by atoms with E-state index in [1.807, 2.05) is 20.8 Å². The Hall–Kier alpha value is -3.36. The largest absolute Gasteiger partial charge is 0.508 e. The summed E-state index contributed by atoms with van der Waals surface area (Å²) in [4.78, 5) is 26.5. The molecule has 0 unspecified atom stereocenters. The van der Waals surface area contributed by atoms with Crippen LogP contribution in [0.3, 0.4) is 0 Å². The number of phenols is 1. The van der Waals surface area contributed by atoms with Crippen LogP contribution >= 0.6 is 0 Å². The summed E-state index contributed by atoms with van der Waals surface area (Å²) in [6.45, 7) is 6.11. The molecular formula is C26H31F3N2O4. The molecule has 9 heteroatoms. The number of nitrogens with zero attached hydrogens (tertiary/aromatic N) is 2. The molecule has 1 aliphatic carbocycles. The van der Waals surface area contributed by atoms with Crippen LogP contribution < -0.4 is 5.56 Å². The molecule has 1 heterocycles. The first-order valence-electron chi connectivity index (χ1n) is 11.8. The SMILES string of the molecule is CC.CCOC(=O)C1CCCCC1.O=c1ncn(Cc2c(F)cc(F)cc2F)c2ccc(O)cc12. The van der Waals surface area contributed by atoms with Crippen LogP contribution in [0.5, 0.6) is 5.75 Å². The highest BCUT2D eigenvalue weighted by atomic mass is 19.1. The van der Waals surface area contributed by atoms with Crippen molar-refractivity contribution in [3.05, 3.63) is 70.0 Å². The van der Waals surface area contributed by atoms with Gasteiger partial charge >= 0.3 is 5.97 Å². The highest BCUT2D eigenvalue weighted by Crippen LogP contribution is 2.24. The van der Waals surface area contributed by atoms with Crippen molar-refractivity contribution in [3.8, 4) is 5.75 Å². The number of esters is 1. The van der Waals surface area contributed by atoms with E-state index in [-0.39, 0.29) is 35.1 Å². The molecule has 190 valence electrons. The number of ether oxygens (including phenoxy) is 1. The number of halogens is 3. The van der Waals surface area contributed by atoms with E-state index >= 15 is 0 Å². The van der Waals surface area contributed by atoms with Gasteiger partial charge in [-0.15, -0.1) is 0 Å². The highest BCUT2D eigenvalue weighted by molar-refractivity contribution is 5.79. The van der Waals surface area contributed by atoms with Gasteiger partial charge in [0.25, 0.3) is 5.56 Å². The van der Waals surface area contributed by atoms with Gasteiger partial charge in [-0.25, -0.2) is 13.2 Å². The number of aromatic nitrogens is 2. The van der Waals surface area contributed by atoms with Crippen LogP contribution in [0.2, 0.25) is 0 Å². The van der Waals surface area contributed by atoms with Gasteiger partial charge in [0.1, 0.15) is 23.2 Å². The average Bonchev–Trinajstić information content (AvgIpc) is 2.85. The predicted molar refractivity (Wildman–Crippen MR) is 128 cm³/mol. The molecule has 1 saturated carbocycles. The number of rotatable bonds is 4. The topological polar surface area (TPSA) is 81.4 Å². The predicted octanol–water partition coefficient (Wildman–Crippen LogP) is 5.72. The molecule has 4 rings (SSSR count). The van der Waals surface area contributed by atoms with Crippen molar-refractivity contribution >= 4 is 16.9 Å². The van der Waals surface area contributed by atoms with E-state index in [0.717, 1.165) is 19.2 Å². The highest BCUT2D eigenvalue weighted by Gasteiger charge is 2.21. The first kappa shape index (κ1) is 27.9. The second kappa shape index (κ2) is 13.5.